The molecule has 4 nitrogen and oxygen atoms in total. The van der Waals surface area contributed by atoms with Crippen molar-refractivity contribution in [3.05, 3.63) is 16.4 Å². The summed E-state index contributed by atoms with van der Waals surface area (Å²) in [6.45, 7) is 10.2. The summed E-state index contributed by atoms with van der Waals surface area (Å²) in [6.07, 6.45) is 3.08. The van der Waals surface area contributed by atoms with Gasteiger partial charge in [-0.2, -0.15) is 5.10 Å². The number of hydrogen-bond acceptors (Lipinski definition) is 3. The van der Waals surface area contributed by atoms with Crippen LogP contribution in [0.2, 0.25) is 0 Å². The second kappa shape index (κ2) is 7.92. The SMILES string of the molecule is CCCn1ncc(Br)c1C(O)CCN(CC)CC. The van der Waals surface area contributed by atoms with Gasteiger partial charge in [-0.3, -0.25) is 4.68 Å². The maximum Gasteiger partial charge on any atom is 0.0980 e. The van der Waals surface area contributed by atoms with Crippen molar-refractivity contribution in [2.75, 3.05) is 19.6 Å². The van der Waals surface area contributed by atoms with Gasteiger partial charge in [0.2, 0.25) is 0 Å². The van der Waals surface area contributed by atoms with Crippen LogP contribution < -0.4 is 0 Å². The lowest BCUT2D eigenvalue weighted by Crippen LogP contribution is -2.25. The van der Waals surface area contributed by atoms with Crippen molar-refractivity contribution in [3.63, 3.8) is 0 Å². The Balaban J connectivity index is 2.65. The Bertz CT molecular complexity index is 350. The maximum atomic E-state index is 10.3. The standard InChI is InChI=1S/C13H24BrN3O/c1-4-8-17-13(11(14)10-15-17)12(18)7-9-16(5-2)6-3/h10,12,18H,4-9H2,1-3H3. The molecule has 0 aromatic carbocycles. The fraction of sp³-hybridized carbons (Fsp3) is 0.769. The molecule has 0 radical (unpaired) electrons. The highest BCUT2D eigenvalue weighted by atomic mass is 79.9. The van der Waals surface area contributed by atoms with Crippen molar-refractivity contribution in [1.29, 1.82) is 0 Å². The van der Waals surface area contributed by atoms with E-state index in [1.807, 2.05) is 4.68 Å². The summed E-state index contributed by atoms with van der Waals surface area (Å²) < 4.78 is 2.81. The highest BCUT2D eigenvalue weighted by molar-refractivity contribution is 9.10. The molecular weight excluding hydrogens is 294 g/mol. The first-order valence-electron chi connectivity index (χ1n) is 6.75. The highest BCUT2D eigenvalue weighted by Gasteiger charge is 2.18. The van der Waals surface area contributed by atoms with E-state index in [4.69, 9.17) is 0 Å². The van der Waals surface area contributed by atoms with Gasteiger partial charge in [0.25, 0.3) is 0 Å². The van der Waals surface area contributed by atoms with E-state index >= 15 is 0 Å². The minimum atomic E-state index is -0.450. The van der Waals surface area contributed by atoms with Gasteiger partial charge in [-0.05, 0) is 41.9 Å². The van der Waals surface area contributed by atoms with Crippen LogP contribution in [0.15, 0.2) is 10.7 Å². The van der Waals surface area contributed by atoms with Gasteiger partial charge < -0.3 is 10.0 Å². The zero-order valence-electron chi connectivity index (χ0n) is 11.6. The number of aliphatic hydroxyl groups is 1. The molecule has 0 spiro atoms. The Kier molecular flexibility index (Phi) is 6.89. The average molecular weight is 318 g/mol. The van der Waals surface area contributed by atoms with Crippen LogP contribution in [0.5, 0.6) is 0 Å². The Labute approximate surface area is 118 Å². The number of halogens is 1. The van der Waals surface area contributed by atoms with Crippen LogP contribution in [0, 0.1) is 0 Å². The lowest BCUT2D eigenvalue weighted by Gasteiger charge is -2.20. The van der Waals surface area contributed by atoms with Crippen molar-refractivity contribution in [2.45, 2.75) is 46.3 Å². The summed E-state index contributed by atoms with van der Waals surface area (Å²) in [6, 6.07) is 0. The summed E-state index contributed by atoms with van der Waals surface area (Å²) in [5.41, 5.74) is 0.906. The first-order chi connectivity index (χ1) is 8.63. The molecule has 0 aliphatic carbocycles. The third-order valence-corrected chi connectivity index (χ3v) is 3.81. The Hall–Kier alpha value is -0.390. The van der Waals surface area contributed by atoms with Crippen molar-refractivity contribution >= 4 is 15.9 Å². The largest absolute Gasteiger partial charge is 0.387 e. The fourth-order valence-corrected chi connectivity index (χ4v) is 2.64. The van der Waals surface area contributed by atoms with E-state index in [1.54, 1.807) is 6.20 Å². The van der Waals surface area contributed by atoms with Gasteiger partial charge in [0.05, 0.1) is 22.5 Å². The zero-order valence-corrected chi connectivity index (χ0v) is 13.2. The second-order valence-corrected chi connectivity index (χ2v) is 5.29. The van der Waals surface area contributed by atoms with Crippen LogP contribution in [0.4, 0.5) is 0 Å². The lowest BCUT2D eigenvalue weighted by atomic mass is 10.1. The molecule has 1 aromatic rings. The van der Waals surface area contributed by atoms with Gasteiger partial charge in [-0.15, -0.1) is 0 Å². The Morgan fingerprint density at radius 3 is 2.61 bits per heavy atom. The second-order valence-electron chi connectivity index (χ2n) is 4.43. The van der Waals surface area contributed by atoms with E-state index in [0.29, 0.717) is 0 Å². The zero-order chi connectivity index (χ0) is 13.5. The maximum absolute atomic E-state index is 10.3. The van der Waals surface area contributed by atoms with E-state index in [0.717, 1.165) is 49.2 Å². The number of aryl methyl sites for hydroxylation is 1. The van der Waals surface area contributed by atoms with Crippen LogP contribution in [0.1, 0.15) is 45.4 Å². The van der Waals surface area contributed by atoms with E-state index in [9.17, 15) is 5.11 Å². The van der Waals surface area contributed by atoms with Crippen molar-refractivity contribution < 1.29 is 5.11 Å². The van der Waals surface area contributed by atoms with E-state index in [2.05, 4.69) is 46.7 Å². The third kappa shape index (κ3) is 4.07. The van der Waals surface area contributed by atoms with Crippen LogP contribution in [0.3, 0.4) is 0 Å². The van der Waals surface area contributed by atoms with Gasteiger partial charge in [-0.25, -0.2) is 0 Å². The topological polar surface area (TPSA) is 41.3 Å². The Morgan fingerprint density at radius 1 is 1.39 bits per heavy atom. The predicted octanol–water partition coefficient (Wildman–Crippen LogP) is 2.82. The molecule has 5 heteroatoms. The molecule has 1 heterocycles. The van der Waals surface area contributed by atoms with Gasteiger partial charge in [-0.1, -0.05) is 20.8 Å². The molecule has 0 bridgehead atoms. The van der Waals surface area contributed by atoms with Gasteiger partial charge in [0.1, 0.15) is 0 Å². The molecule has 0 saturated heterocycles. The molecule has 1 rings (SSSR count). The molecule has 0 fully saturated rings. The monoisotopic (exact) mass is 317 g/mol. The van der Waals surface area contributed by atoms with E-state index in [-0.39, 0.29) is 0 Å². The number of rotatable bonds is 8. The first-order valence-corrected chi connectivity index (χ1v) is 7.54. The molecule has 1 N–H and O–H groups in total. The number of hydrogen-bond donors (Lipinski definition) is 1. The minimum absolute atomic E-state index is 0.450. The summed E-state index contributed by atoms with van der Waals surface area (Å²) in [7, 11) is 0. The predicted molar refractivity (Wildman–Crippen MR) is 77.6 cm³/mol. The number of aliphatic hydroxyl groups excluding tert-OH is 1. The lowest BCUT2D eigenvalue weighted by molar-refractivity contribution is 0.135. The average Bonchev–Trinajstić information content (AvgIpc) is 2.72. The number of nitrogens with zero attached hydrogens (tertiary/aromatic N) is 3. The van der Waals surface area contributed by atoms with Gasteiger partial charge in [0.15, 0.2) is 0 Å². The number of aromatic nitrogens is 2. The molecule has 0 saturated carbocycles. The van der Waals surface area contributed by atoms with E-state index < -0.39 is 6.10 Å². The summed E-state index contributed by atoms with van der Waals surface area (Å²) in [5.74, 6) is 0. The smallest absolute Gasteiger partial charge is 0.0980 e. The summed E-state index contributed by atoms with van der Waals surface area (Å²) in [4.78, 5) is 2.32. The molecule has 1 unspecified atom stereocenters. The molecule has 0 aliphatic heterocycles. The van der Waals surface area contributed by atoms with Crippen LogP contribution in [-0.4, -0.2) is 39.4 Å². The quantitative estimate of drug-likeness (QED) is 0.801. The molecule has 1 aromatic heterocycles. The van der Waals surface area contributed by atoms with Crippen LogP contribution in [-0.2, 0) is 6.54 Å². The Morgan fingerprint density at radius 2 is 2.06 bits per heavy atom. The normalized spacial score (nSPS) is 13.2. The van der Waals surface area contributed by atoms with Crippen molar-refractivity contribution in [3.8, 4) is 0 Å². The van der Waals surface area contributed by atoms with Gasteiger partial charge >= 0.3 is 0 Å². The molecule has 0 aliphatic rings. The van der Waals surface area contributed by atoms with E-state index in [1.165, 1.54) is 0 Å². The molecule has 1 atom stereocenters. The molecular formula is C13H24BrN3O. The minimum Gasteiger partial charge on any atom is -0.387 e. The third-order valence-electron chi connectivity index (χ3n) is 3.20. The summed E-state index contributed by atoms with van der Waals surface area (Å²) in [5, 5.41) is 14.6. The van der Waals surface area contributed by atoms with Crippen molar-refractivity contribution in [1.82, 2.24) is 14.7 Å². The highest BCUT2D eigenvalue weighted by Crippen LogP contribution is 2.25. The van der Waals surface area contributed by atoms with Crippen LogP contribution in [0.25, 0.3) is 0 Å². The van der Waals surface area contributed by atoms with Crippen molar-refractivity contribution in [2.24, 2.45) is 0 Å². The summed E-state index contributed by atoms with van der Waals surface area (Å²) >= 11 is 3.47. The first kappa shape index (κ1) is 15.7. The molecule has 104 valence electrons. The van der Waals surface area contributed by atoms with Gasteiger partial charge in [0, 0.05) is 13.1 Å². The molecule has 18 heavy (non-hydrogen) atoms. The van der Waals surface area contributed by atoms with Crippen LogP contribution >= 0.6 is 15.9 Å². The molecule has 0 amide bonds. The fourth-order valence-electron chi connectivity index (χ4n) is 2.07.